The molecule has 0 radical (unpaired) electrons. The zero-order valence-electron chi connectivity index (χ0n) is 13.5. The van der Waals surface area contributed by atoms with Gasteiger partial charge in [0, 0.05) is 11.6 Å². The van der Waals surface area contributed by atoms with Gasteiger partial charge in [-0.2, -0.15) is 0 Å². The first-order valence-electron chi connectivity index (χ1n) is 8.48. The Labute approximate surface area is 120 Å². The largest absolute Gasteiger partial charge is 0.312 e. The van der Waals surface area contributed by atoms with Gasteiger partial charge in [0.05, 0.1) is 0 Å². The van der Waals surface area contributed by atoms with Crippen LogP contribution in [-0.4, -0.2) is 36.1 Å². The molecule has 3 atom stereocenters. The summed E-state index contributed by atoms with van der Waals surface area (Å²) in [6, 6.07) is 0.880. The minimum Gasteiger partial charge on any atom is -0.312 e. The first kappa shape index (κ1) is 15.3. The lowest BCUT2D eigenvalue weighted by molar-refractivity contribution is 0.0601. The molecule has 2 rings (SSSR count). The number of nitrogens with one attached hydrogen (secondary N) is 1. The van der Waals surface area contributed by atoms with E-state index in [1.165, 1.54) is 58.2 Å². The van der Waals surface area contributed by atoms with Crippen LogP contribution in [0.3, 0.4) is 0 Å². The molecule has 1 saturated carbocycles. The van der Waals surface area contributed by atoms with Gasteiger partial charge in [-0.25, -0.2) is 0 Å². The third kappa shape index (κ3) is 4.46. The van der Waals surface area contributed by atoms with Crippen LogP contribution in [0.2, 0.25) is 0 Å². The van der Waals surface area contributed by atoms with E-state index in [4.69, 9.17) is 0 Å². The molecule has 2 nitrogen and oxygen atoms in total. The molecule has 112 valence electrons. The molecule has 2 aliphatic rings. The van der Waals surface area contributed by atoms with Crippen molar-refractivity contribution >= 4 is 0 Å². The van der Waals surface area contributed by atoms with Crippen LogP contribution >= 0.6 is 0 Å². The summed E-state index contributed by atoms with van der Waals surface area (Å²) in [4.78, 5) is 2.81. The highest BCUT2D eigenvalue weighted by Crippen LogP contribution is 2.34. The zero-order chi connectivity index (χ0) is 13.9. The van der Waals surface area contributed by atoms with Crippen LogP contribution in [0.1, 0.15) is 66.2 Å². The zero-order valence-corrected chi connectivity index (χ0v) is 13.5. The normalized spacial score (nSPS) is 33.8. The van der Waals surface area contributed by atoms with E-state index in [0.29, 0.717) is 0 Å². The van der Waals surface area contributed by atoms with E-state index in [9.17, 15) is 0 Å². The molecule has 0 spiro atoms. The van der Waals surface area contributed by atoms with Gasteiger partial charge in [0.25, 0.3) is 0 Å². The molecule has 3 unspecified atom stereocenters. The Balaban J connectivity index is 1.78. The first-order chi connectivity index (χ1) is 8.99. The lowest BCUT2D eigenvalue weighted by atomic mass is 9.78. The van der Waals surface area contributed by atoms with Crippen LogP contribution in [-0.2, 0) is 0 Å². The smallest absolute Gasteiger partial charge is 0.0136 e. The number of likely N-dealkylation sites (tertiary alicyclic amines) is 1. The minimum absolute atomic E-state index is 0.270. The number of rotatable bonds is 4. The maximum atomic E-state index is 3.70. The van der Waals surface area contributed by atoms with Crippen molar-refractivity contribution in [2.75, 3.05) is 19.6 Å². The summed E-state index contributed by atoms with van der Waals surface area (Å²) in [6.45, 7) is 13.1. The standard InChI is InChI=1S/C17H34N2/c1-5-14-7-6-11-19(12-10-14)16-9-8-15(16)13-18-17(2,3)4/h14-16,18H,5-13H2,1-4H3. The number of hydrogen-bond acceptors (Lipinski definition) is 2. The second-order valence-corrected chi connectivity index (χ2v) is 7.78. The van der Waals surface area contributed by atoms with Crippen molar-refractivity contribution in [3.63, 3.8) is 0 Å². The molecule has 1 saturated heterocycles. The summed E-state index contributed by atoms with van der Waals surface area (Å²) < 4.78 is 0. The quantitative estimate of drug-likeness (QED) is 0.835. The third-order valence-corrected chi connectivity index (χ3v) is 5.20. The van der Waals surface area contributed by atoms with Gasteiger partial charge in [-0.05, 0) is 84.3 Å². The Morgan fingerprint density at radius 3 is 2.42 bits per heavy atom. The Hall–Kier alpha value is -0.0800. The molecule has 1 N–H and O–H groups in total. The van der Waals surface area contributed by atoms with Crippen molar-refractivity contribution in [3.8, 4) is 0 Å². The Kier molecular flexibility index (Phi) is 5.30. The fourth-order valence-electron chi connectivity index (χ4n) is 3.64. The molecule has 1 aliphatic heterocycles. The highest BCUT2D eigenvalue weighted by Gasteiger charge is 2.36. The predicted molar refractivity (Wildman–Crippen MR) is 83.5 cm³/mol. The van der Waals surface area contributed by atoms with Gasteiger partial charge in [0.15, 0.2) is 0 Å². The van der Waals surface area contributed by atoms with Gasteiger partial charge < -0.3 is 10.2 Å². The van der Waals surface area contributed by atoms with E-state index >= 15 is 0 Å². The molecule has 19 heavy (non-hydrogen) atoms. The molecular weight excluding hydrogens is 232 g/mol. The molecule has 2 heteroatoms. The summed E-state index contributed by atoms with van der Waals surface area (Å²) in [7, 11) is 0. The highest BCUT2D eigenvalue weighted by atomic mass is 15.2. The molecule has 0 aromatic heterocycles. The van der Waals surface area contributed by atoms with Crippen LogP contribution in [0.25, 0.3) is 0 Å². The van der Waals surface area contributed by atoms with Crippen LogP contribution in [0.5, 0.6) is 0 Å². The number of hydrogen-bond donors (Lipinski definition) is 1. The SMILES string of the molecule is CCC1CCCN(C2CCC2CNC(C)(C)C)CC1. The van der Waals surface area contributed by atoms with Crippen LogP contribution in [0.4, 0.5) is 0 Å². The minimum atomic E-state index is 0.270. The van der Waals surface area contributed by atoms with Crippen molar-refractivity contribution in [3.05, 3.63) is 0 Å². The second kappa shape index (κ2) is 6.58. The van der Waals surface area contributed by atoms with Gasteiger partial charge >= 0.3 is 0 Å². The van der Waals surface area contributed by atoms with Crippen molar-refractivity contribution in [2.24, 2.45) is 11.8 Å². The van der Waals surface area contributed by atoms with Crippen molar-refractivity contribution in [1.29, 1.82) is 0 Å². The highest BCUT2D eigenvalue weighted by molar-refractivity contribution is 4.92. The van der Waals surface area contributed by atoms with E-state index in [1.807, 2.05) is 0 Å². The lowest BCUT2D eigenvalue weighted by Crippen LogP contribution is -2.53. The van der Waals surface area contributed by atoms with Gasteiger partial charge in [-0.1, -0.05) is 13.3 Å². The van der Waals surface area contributed by atoms with Crippen LogP contribution in [0, 0.1) is 11.8 Å². The number of nitrogens with zero attached hydrogens (tertiary/aromatic N) is 1. The van der Waals surface area contributed by atoms with Crippen molar-refractivity contribution in [1.82, 2.24) is 10.2 Å². The molecule has 0 amide bonds. The Morgan fingerprint density at radius 1 is 1.05 bits per heavy atom. The molecule has 0 aromatic carbocycles. The first-order valence-corrected chi connectivity index (χ1v) is 8.48. The molecule has 2 fully saturated rings. The third-order valence-electron chi connectivity index (χ3n) is 5.20. The average Bonchev–Trinajstić information content (AvgIpc) is 2.52. The average molecular weight is 266 g/mol. The van der Waals surface area contributed by atoms with E-state index in [2.05, 4.69) is 37.9 Å². The van der Waals surface area contributed by atoms with Crippen LogP contribution < -0.4 is 5.32 Å². The molecule has 0 aromatic rings. The van der Waals surface area contributed by atoms with E-state index in [-0.39, 0.29) is 5.54 Å². The second-order valence-electron chi connectivity index (χ2n) is 7.78. The molecule has 1 heterocycles. The summed E-state index contributed by atoms with van der Waals surface area (Å²) >= 11 is 0. The fraction of sp³-hybridized carbons (Fsp3) is 1.00. The predicted octanol–water partition coefficient (Wildman–Crippen LogP) is 3.67. The van der Waals surface area contributed by atoms with E-state index in [0.717, 1.165) is 17.9 Å². The van der Waals surface area contributed by atoms with E-state index < -0.39 is 0 Å². The fourth-order valence-corrected chi connectivity index (χ4v) is 3.64. The summed E-state index contributed by atoms with van der Waals surface area (Å²) in [5.41, 5.74) is 0.270. The van der Waals surface area contributed by atoms with E-state index in [1.54, 1.807) is 0 Å². The van der Waals surface area contributed by atoms with Gasteiger partial charge in [0.2, 0.25) is 0 Å². The van der Waals surface area contributed by atoms with Gasteiger partial charge in [0.1, 0.15) is 0 Å². The van der Waals surface area contributed by atoms with Crippen LogP contribution in [0.15, 0.2) is 0 Å². The van der Waals surface area contributed by atoms with Gasteiger partial charge in [-0.3, -0.25) is 0 Å². The monoisotopic (exact) mass is 266 g/mol. The van der Waals surface area contributed by atoms with Gasteiger partial charge in [-0.15, -0.1) is 0 Å². The molecular formula is C17H34N2. The topological polar surface area (TPSA) is 15.3 Å². The summed E-state index contributed by atoms with van der Waals surface area (Å²) in [5.74, 6) is 1.90. The summed E-state index contributed by atoms with van der Waals surface area (Å²) in [6.07, 6.45) is 8.58. The summed E-state index contributed by atoms with van der Waals surface area (Å²) in [5, 5.41) is 3.70. The Bertz CT molecular complexity index is 269. The maximum Gasteiger partial charge on any atom is 0.0136 e. The molecule has 1 aliphatic carbocycles. The van der Waals surface area contributed by atoms with Crippen molar-refractivity contribution < 1.29 is 0 Å². The Morgan fingerprint density at radius 2 is 1.84 bits per heavy atom. The van der Waals surface area contributed by atoms with Crippen molar-refractivity contribution in [2.45, 2.75) is 77.8 Å². The lowest BCUT2D eigenvalue weighted by Gasteiger charge is -2.45. The molecule has 0 bridgehead atoms. The maximum absolute atomic E-state index is 3.70.